The number of para-hydroxylation sites is 1. The van der Waals surface area contributed by atoms with Crippen molar-refractivity contribution in [3.05, 3.63) is 24.3 Å². The molecule has 1 aliphatic heterocycles. The molecule has 2 saturated carbocycles. The van der Waals surface area contributed by atoms with Crippen LogP contribution >= 0.6 is 11.8 Å². The molecule has 136 valence electrons. The maximum Gasteiger partial charge on any atom is 0.0954 e. The summed E-state index contributed by atoms with van der Waals surface area (Å²) in [6, 6.07) is 11.9. The molecule has 0 radical (unpaired) electrons. The lowest BCUT2D eigenvalue weighted by atomic mass is 9.96. The Hall–Kier alpha value is -1.29. The standard InChI is InChI=1S/C13H22N2.C7H7NOS/c1-3-7-12(8-4-1)14-11-15-13-9-5-2-6-10-13;9-8-5-10-7-4-2-1-3-6(7)8/h12-13H,1-10H2;1-4,9H,5H2. The number of thioether (sulfide) groups is 1. The SMILES string of the molecule is C(=NC1CCCCC1)=NC1CCCCC1.ON1CSc2ccccc21. The van der Waals surface area contributed by atoms with Crippen LogP contribution in [0.3, 0.4) is 0 Å². The van der Waals surface area contributed by atoms with E-state index in [0.29, 0.717) is 18.0 Å². The highest BCUT2D eigenvalue weighted by Crippen LogP contribution is 2.36. The monoisotopic (exact) mass is 359 g/mol. The Morgan fingerprint density at radius 1 is 0.880 bits per heavy atom. The van der Waals surface area contributed by atoms with Gasteiger partial charge in [-0.2, -0.15) is 0 Å². The van der Waals surface area contributed by atoms with Gasteiger partial charge in [0.2, 0.25) is 0 Å². The highest BCUT2D eigenvalue weighted by atomic mass is 32.2. The van der Waals surface area contributed by atoms with E-state index < -0.39 is 0 Å². The first-order valence-electron chi connectivity index (χ1n) is 9.66. The number of aliphatic imine (C=N–C) groups is 2. The summed E-state index contributed by atoms with van der Waals surface area (Å²) in [5, 5.41) is 10.5. The maximum atomic E-state index is 9.19. The second-order valence-corrected chi connectivity index (χ2v) is 8.07. The zero-order chi connectivity index (χ0) is 17.3. The molecule has 1 heterocycles. The van der Waals surface area contributed by atoms with Crippen LogP contribution < -0.4 is 5.06 Å². The van der Waals surface area contributed by atoms with Crippen molar-refractivity contribution in [2.75, 3.05) is 10.9 Å². The number of rotatable bonds is 2. The lowest BCUT2D eigenvalue weighted by Gasteiger charge is -2.17. The molecule has 0 amide bonds. The number of hydroxylamine groups is 1. The predicted octanol–water partition coefficient (Wildman–Crippen LogP) is 5.77. The van der Waals surface area contributed by atoms with Crippen LogP contribution in [0, 0.1) is 0 Å². The Balaban J connectivity index is 0.000000157. The van der Waals surface area contributed by atoms with Crippen molar-refractivity contribution in [3.63, 3.8) is 0 Å². The molecular weight excluding hydrogens is 330 g/mol. The van der Waals surface area contributed by atoms with Gasteiger partial charge in [0, 0.05) is 4.90 Å². The molecular formula is C20H29N3OS. The topological polar surface area (TPSA) is 48.2 Å². The average Bonchev–Trinajstić information content (AvgIpc) is 3.06. The highest BCUT2D eigenvalue weighted by molar-refractivity contribution is 7.99. The molecule has 25 heavy (non-hydrogen) atoms. The smallest absolute Gasteiger partial charge is 0.0954 e. The molecule has 0 spiro atoms. The fourth-order valence-electron chi connectivity index (χ4n) is 3.61. The van der Waals surface area contributed by atoms with Crippen LogP contribution in [0.25, 0.3) is 0 Å². The quantitative estimate of drug-likeness (QED) is 0.682. The minimum atomic E-state index is 0.533. The second kappa shape index (κ2) is 10.0. The Morgan fingerprint density at radius 2 is 1.44 bits per heavy atom. The van der Waals surface area contributed by atoms with Gasteiger partial charge in [-0.05, 0) is 37.8 Å². The summed E-state index contributed by atoms with van der Waals surface area (Å²) in [5.74, 6) is 0.652. The molecule has 1 N–H and O–H groups in total. The van der Waals surface area contributed by atoms with E-state index in [1.807, 2.05) is 24.3 Å². The minimum Gasteiger partial charge on any atom is -0.288 e. The number of hydrogen-bond donors (Lipinski definition) is 1. The molecule has 0 atom stereocenters. The Morgan fingerprint density at radius 3 is 2.00 bits per heavy atom. The van der Waals surface area contributed by atoms with Gasteiger partial charge in [0.25, 0.3) is 0 Å². The molecule has 0 saturated heterocycles. The lowest BCUT2D eigenvalue weighted by molar-refractivity contribution is 0.275. The van der Waals surface area contributed by atoms with E-state index in [2.05, 4.69) is 16.0 Å². The van der Waals surface area contributed by atoms with Crippen LogP contribution in [0.15, 0.2) is 39.1 Å². The summed E-state index contributed by atoms with van der Waals surface area (Å²) >= 11 is 1.65. The zero-order valence-electron chi connectivity index (χ0n) is 14.9. The van der Waals surface area contributed by atoms with Crippen LogP contribution in [0.1, 0.15) is 64.2 Å². The van der Waals surface area contributed by atoms with Gasteiger partial charge in [-0.1, -0.05) is 62.4 Å². The summed E-state index contributed by atoms with van der Waals surface area (Å²) in [5.41, 5.74) is 0.924. The van der Waals surface area contributed by atoms with E-state index in [9.17, 15) is 5.21 Å². The molecule has 2 aliphatic carbocycles. The molecule has 4 rings (SSSR count). The first kappa shape index (κ1) is 18.5. The third-order valence-corrected chi connectivity index (χ3v) is 6.15. The molecule has 5 heteroatoms. The van der Waals surface area contributed by atoms with Gasteiger partial charge in [-0.15, -0.1) is 0 Å². The summed E-state index contributed by atoms with van der Waals surface area (Å²) in [7, 11) is 0. The van der Waals surface area contributed by atoms with E-state index in [0.717, 1.165) is 10.6 Å². The summed E-state index contributed by atoms with van der Waals surface area (Å²) in [6.07, 6.45) is 13.2. The zero-order valence-corrected chi connectivity index (χ0v) is 15.8. The van der Waals surface area contributed by atoms with Gasteiger partial charge in [-0.3, -0.25) is 5.21 Å². The van der Waals surface area contributed by atoms with E-state index in [1.165, 1.54) is 69.3 Å². The first-order chi connectivity index (χ1) is 12.3. The number of hydrogen-bond acceptors (Lipinski definition) is 5. The number of anilines is 1. The van der Waals surface area contributed by atoms with Crippen molar-refractivity contribution in [2.24, 2.45) is 9.98 Å². The number of benzene rings is 1. The van der Waals surface area contributed by atoms with E-state index >= 15 is 0 Å². The van der Waals surface area contributed by atoms with Gasteiger partial charge in [0.05, 0.1) is 29.7 Å². The average molecular weight is 360 g/mol. The van der Waals surface area contributed by atoms with Crippen LogP contribution in [-0.2, 0) is 0 Å². The Bertz CT molecular complexity index is 566. The first-order valence-corrected chi connectivity index (χ1v) is 10.6. The van der Waals surface area contributed by atoms with E-state index in [1.54, 1.807) is 11.8 Å². The fraction of sp³-hybridized carbons (Fsp3) is 0.650. The van der Waals surface area contributed by atoms with Crippen molar-refractivity contribution in [1.29, 1.82) is 0 Å². The van der Waals surface area contributed by atoms with E-state index in [4.69, 9.17) is 0 Å². The van der Waals surface area contributed by atoms with Gasteiger partial charge in [0.1, 0.15) is 0 Å². The van der Waals surface area contributed by atoms with Crippen LogP contribution in [0.4, 0.5) is 5.69 Å². The molecule has 4 nitrogen and oxygen atoms in total. The third-order valence-electron chi connectivity index (χ3n) is 5.12. The van der Waals surface area contributed by atoms with Gasteiger partial charge < -0.3 is 0 Å². The van der Waals surface area contributed by atoms with Crippen molar-refractivity contribution >= 4 is 23.5 Å². The maximum absolute atomic E-state index is 9.19. The summed E-state index contributed by atoms with van der Waals surface area (Å²) in [6.45, 7) is 0. The molecule has 0 aromatic heterocycles. The van der Waals surface area contributed by atoms with Crippen LogP contribution in [0.2, 0.25) is 0 Å². The van der Waals surface area contributed by atoms with Crippen molar-refractivity contribution in [1.82, 2.24) is 0 Å². The third kappa shape index (κ3) is 5.88. The van der Waals surface area contributed by atoms with Gasteiger partial charge in [0.15, 0.2) is 0 Å². The Kier molecular flexibility index (Phi) is 7.40. The normalized spacial score (nSPS) is 20.9. The van der Waals surface area contributed by atoms with Crippen molar-refractivity contribution in [3.8, 4) is 0 Å². The number of nitrogens with zero attached hydrogens (tertiary/aromatic N) is 3. The van der Waals surface area contributed by atoms with Crippen LogP contribution in [-0.4, -0.2) is 29.2 Å². The van der Waals surface area contributed by atoms with Crippen molar-refractivity contribution < 1.29 is 5.21 Å². The molecule has 1 aromatic carbocycles. The fourth-order valence-corrected chi connectivity index (χ4v) is 4.51. The predicted molar refractivity (Wildman–Crippen MR) is 105 cm³/mol. The Labute approximate surface area is 155 Å². The summed E-state index contributed by atoms with van der Waals surface area (Å²) < 4.78 is 0. The van der Waals surface area contributed by atoms with Crippen molar-refractivity contribution in [2.45, 2.75) is 81.2 Å². The van der Waals surface area contributed by atoms with Gasteiger partial charge >= 0.3 is 0 Å². The largest absolute Gasteiger partial charge is 0.288 e. The highest BCUT2D eigenvalue weighted by Gasteiger charge is 2.16. The summed E-state index contributed by atoms with van der Waals surface area (Å²) in [4.78, 5) is 10.1. The molecule has 3 aliphatic rings. The van der Waals surface area contributed by atoms with Crippen LogP contribution in [0.5, 0.6) is 0 Å². The molecule has 0 bridgehead atoms. The lowest BCUT2D eigenvalue weighted by Crippen LogP contribution is -2.11. The molecule has 1 aromatic rings. The molecule has 2 fully saturated rings. The molecule has 0 unspecified atom stereocenters. The van der Waals surface area contributed by atoms with E-state index in [-0.39, 0.29) is 0 Å². The second-order valence-electron chi connectivity index (χ2n) is 7.08. The van der Waals surface area contributed by atoms with Gasteiger partial charge in [-0.25, -0.2) is 15.0 Å². The minimum absolute atomic E-state index is 0.533. The number of fused-ring (bicyclic) bond motifs is 1.